The number of hydrogen-bond acceptors (Lipinski definition) is 3. The van der Waals surface area contributed by atoms with Crippen molar-refractivity contribution in [1.82, 2.24) is 14.9 Å². The maximum absolute atomic E-state index is 9.36. The summed E-state index contributed by atoms with van der Waals surface area (Å²) >= 11 is 0. The minimum absolute atomic E-state index is 0.161. The van der Waals surface area contributed by atoms with E-state index >= 15 is 0 Å². The highest BCUT2D eigenvalue weighted by Gasteiger charge is 2.22. The molecule has 0 amide bonds. The Bertz CT molecular complexity index is 585. The van der Waals surface area contributed by atoms with Crippen molar-refractivity contribution in [3.8, 4) is 0 Å². The number of aryl methyl sites for hydroxylation is 1. The Morgan fingerprint density at radius 3 is 3.05 bits per heavy atom. The zero-order valence-corrected chi connectivity index (χ0v) is 12.1. The van der Waals surface area contributed by atoms with E-state index in [9.17, 15) is 5.11 Å². The molecule has 4 heteroatoms. The summed E-state index contributed by atoms with van der Waals surface area (Å²) in [4.78, 5) is 4.88. The fourth-order valence-corrected chi connectivity index (χ4v) is 3.13. The first-order valence-corrected chi connectivity index (χ1v) is 7.64. The Morgan fingerprint density at radius 2 is 2.35 bits per heavy atom. The highest BCUT2D eigenvalue weighted by atomic mass is 16.3. The number of fused-ring (bicyclic) bond motifs is 1. The Morgan fingerprint density at radius 1 is 1.45 bits per heavy atom. The first-order valence-electron chi connectivity index (χ1n) is 7.64. The van der Waals surface area contributed by atoms with Crippen LogP contribution in [0.5, 0.6) is 0 Å². The number of aliphatic hydroxyl groups excluding tert-OH is 1. The zero-order chi connectivity index (χ0) is 13.9. The average molecular weight is 273 g/mol. The molecule has 0 radical (unpaired) electrons. The van der Waals surface area contributed by atoms with Gasteiger partial charge in [-0.05, 0) is 43.5 Å². The van der Waals surface area contributed by atoms with Gasteiger partial charge in [0.15, 0.2) is 0 Å². The number of nitrogens with zero attached hydrogens (tertiary/aromatic N) is 2. The predicted octanol–water partition coefficient (Wildman–Crippen LogP) is 2.06. The van der Waals surface area contributed by atoms with E-state index in [1.165, 1.54) is 18.4 Å². The molecule has 1 saturated heterocycles. The second kappa shape index (κ2) is 5.94. The van der Waals surface area contributed by atoms with Crippen LogP contribution < -0.4 is 5.32 Å². The van der Waals surface area contributed by atoms with Gasteiger partial charge in [0.05, 0.1) is 17.6 Å². The summed E-state index contributed by atoms with van der Waals surface area (Å²) in [6.07, 6.45) is 3.42. The predicted molar refractivity (Wildman–Crippen MR) is 81.0 cm³/mol. The minimum atomic E-state index is 0.161. The van der Waals surface area contributed by atoms with Crippen molar-refractivity contribution in [2.45, 2.75) is 38.6 Å². The van der Waals surface area contributed by atoms with Gasteiger partial charge in [0.1, 0.15) is 5.82 Å². The monoisotopic (exact) mass is 273 g/mol. The number of piperidine rings is 1. The lowest BCUT2D eigenvalue weighted by Gasteiger charge is -2.23. The highest BCUT2D eigenvalue weighted by molar-refractivity contribution is 5.77. The van der Waals surface area contributed by atoms with Crippen molar-refractivity contribution in [2.24, 2.45) is 0 Å². The lowest BCUT2D eigenvalue weighted by Crippen LogP contribution is -2.30. The van der Waals surface area contributed by atoms with Crippen LogP contribution in [-0.2, 0) is 13.0 Å². The van der Waals surface area contributed by atoms with Crippen molar-refractivity contribution in [3.05, 3.63) is 29.6 Å². The van der Waals surface area contributed by atoms with E-state index in [4.69, 9.17) is 4.98 Å². The molecule has 1 aromatic heterocycles. The van der Waals surface area contributed by atoms with Crippen molar-refractivity contribution in [2.75, 3.05) is 19.7 Å². The highest BCUT2D eigenvalue weighted by Crippen LogP contribution is 2.27. The molecule has 1 aromatic carbocycles. The molecular weight excluding hydrogens is 250 g/mol. The topological polar surface area (TPSA) is 50.1 Å². The summed E-state index contributed by atoms with van der Waals surface area (Å²) in [7, 11) is 0. The van der Waals surface area contributed by atoms with Crippen molar-refractivity contribution < 1.29 is 5.11 Å². The van der Waals surface area contributed by atoms with E-state index in [0.717, 1.165) is 36.4 Å². The van der Waals surface area contributed by atoms with Gasteiger partial charge in [0.2, 0.25) is 0 Å². The van der Waals surface area contributed by atoms with Crippen LogP contribution in [0.15, 0.2) is 18.2 Å². The molecule has 108 valence electrons. The first kappa shape index (κ1) is 13.6. The van der Waals surface area contributed by atoms with Gasteiger partial charge in [-0.15, -0.1) is 0 Å². The second-order valence-electron chi connectivity index (χ2n) is 5.57. The van der Waals surface area contributed by atoms with Crippen LogP contribution in [-0.4, -0.2) is 34.4 Å². The molecule has 2 N–H and O–H groups in total. The third-order valence-corrected chi connectivity index (χ3v) is 4.24. The zero-order valence-electron chi connectivity index (χ0n) is 12.1. The summed E-state index contributed by atoms with van der Waals surface area (Å²) in [5.74, 6) is 1.60. The normalized spacial score (nSPS) is 19.6. The van der Waals surface area contributed by atoms with Gasteiger partial charge < -0.3 is 15.0 Å². The van der Waals surface area contributed by atoms with Crippen LogP contribution in [0, 0.1) is 0 Å². The standard InChI is InChI=1S/C16H23N3O/c1-2-12-5-6-15-14(10-12)18-16(19(15)8-9-20)13-4-3-7-17-11-13/h5-6,10,13,17,20H,2-4,7-9,11H2,1H3. The van der Waals surface area contributed by atoms with Gasteiger partial charge in [-0.2, -0.15) is 0 Å². The second-order valence-corrected chi connectivity index (χ2v) is 5.57. The molecule has 1 aliphatic rings. The van der Waals surface area contributed by atoms with Crippen LogP contribution in [0.2, 0.25) is 0 Å². The quantitative estimate of drug-likeness (QED) is 0.896. The summed E-state index contributed by atoms with van der Waals surface area (Å²) in [6.45, 7) is 5.06. The molecule has 0 bridgehead atoms. The maximum Gasteiger partial charge on any atom is 0.114 e. The van der Waals surface area contributed by atoms with E-state index < -0.39 is 0 Å². The fourth-order valence-electron chi connectivity index (χ4n) is 3.13. The van der Waals surface area contributed by atoms with Gasteiger partial charge in [-0.25, -0.2) is 4.98 Å². The van der Waals surface area contributed by atoms with Gasteiger partial charge in [-0.3, -0.25) is 0 Å². The van der Waals surface area contributed by atoms with E-state index in [1.54, 1.807) is 0 Å². The molecule has 2 heterocycles. The number of benzene rings is 1. The molecule has 2 aromatic rings. The lowest BCUT2D eigenvalue weighted by molar-refractivity contribution is 0.273. The van der Waals surface area contributed by atoms with Crippen molar-refractivity contribution in [3.63, 3.8) is 0 Å². The average Bonchev–Trinajstić information content (AvgIpc) is 2.86. The third-order valence-electron chi connectivity index (χ3n) is 4.24. The molecule has 4 nitrogen and oxygen atoms in total. The number of rotatable bonds is 4. The van der Waals surface area contributed by atoms with Gasteiger partial charge >= 0.3 is 0 Å². The Hall–Kier alpha value is -1.39. The minimum Gasteiger partial charge on any atom is -0.395 e. The van der Waals surface area contributed by atoms with Crippen molar-refractivity contribution >= 4 is 11.0 Å². The molecule has 0 aliphatic carbocycles. The molecule has 3 rings (SSSR count). The molecular formula is C16H23N3O. The Kier molecular flexibility index (Phi) is 4.03. The first-order chi connectivity index (χ1) is 9.83. The number of aliphatic hydroxyl groups is 1. The smallest absolute Gasteiger partial charge is 0.114 e. The van der Waals surface area contributed by atoms with Crippen LogP contribution >= 0.6 is 0 Å². The summed E-state index contributed by atoms with van der Waals surface area (Å²) in [6, 6.07) is 6.50. The van der Waals surface area contributed by atoms with Gasteiger partial charge in [0.25, 0.3) is 0 Å². The van der Waals surface area contributed by atoms with Gasteiger partial charge in [0, 0.05) is 19.0 Å². The molecule has 0 spiro atoms. The van der Waals surface area contributed by atoms with Crippen LogP contribution in [0.4, 0.5) is 0 Å². The fraction of sp³-hybridized carbons (Fsp3) is 0.562. The molecule has 1 aliphatic heterocycles. The molecule has 20 heavy (non-hydrogen) atoms. The SMILES string of the molecule is CCc1ccc2c(c1)nc(C1CCCNC1)n2CCO. The number of aromatic nitrogens is 2. The van der Waals surface area contributed by atoms with Crippen LogP contribution in [0.25, 0.3) is 11.0 Å². The summed E-state index contributed by atoms with van der Waals surface area (Å²) < 4.78 is 2.20. The third kappa shape index (κ3) is 2.45. The summed E-state index contributed by atoms with van der Waals surface area (Å²) in [5, 5.41) is 12.8. The lowest BCUT2D eigenvalue weighted by atomic mass is 9.99. The van der Waals surface area contributed by atoms with Crippen LogP contribution in [0.3, 0.4) is 0 Å². The molecule has 0 saturated carbocycles. The summed E-state index contributed by atoms with van der Waals surface area (Å²) in [5.41, 5.74) is 3.54. The number of imidazole rings is 1. The molecule has 1 unspecified atom stereocenters. The van der Waals surface area contributed by atoms with E-state index in [2.05, 4.69) is 35.0 Å². The van der Waals surface area contributed by atoms with E-state index in [1.807, 2.05) is 0 Å². The Labute approximate surface area is 119 Å². The molecule has 1 atom stereocenters. The van der Waals surface area contributed by atoms with Crippen LogP contribution in [0.1, 0.15) is 37.1 Å². The van der Waals surface area contributed by atoms with E-state index in [-0.39, 0.29) is 6.61 Å². The number of nitrogens with one attached hydrogen (secondary N) is 1. The van der Waals surface area contributed by atoms with E-state index in [0.29, 0.717) is 12.5 Å². The maximum atomic E-state index is 9.36. The molecule has 1 fully saturated rings. The Balaban J connectivity index is 2.06. The van der Waals surface area contributed by atoms with Crippen molar-refractivity contribution in [1.29, 1.82) is 0 Å². The largest absolute Gasteiger partial charge is 0.395 e. The number of hydrogen-bond donors (Lipinski definition) is 2. The van der Waals surface area contributed by atoms with Gasteiger partial charge in [-0.1, -0.05) is 13.0 Å².